The highest BCUT2D eigenvalue weighted by Crippen LogP contribution is 2.37. The van der Waals surface area contributed by atoms with Crippen molar-refractivity contribution in [1.82, 2.24) is 5.32 Å². The van der Waals surface area contributed by atoms with E-state index in [1.807, 2.05) is 6.08 Å². The zero-order chi connectivity index (χ0) is 13.4. The lowest BCUT2D eigenvalue weighted by Gasteiger charge is -2.37. The van der Waals surface area contributed by atoms with Crippen molar-refractivity contribution in [3.63, 3.8) is 0 Å². The van der Waals surface area contributed by atoms with E-state index >= 15 is 0 Å². The van der Waals surface area contributed by atoms with Gasteiger partial charge in [0.2, 0.25) is 0 Å². The largest absolute Gasteiger partial charge is 0.380 e. The van der Waals surface area contributed by atoms with Crippen molar-refractivity contribution in [1.29, 1.82) is 0 Å². The van der Waals surface area contributed by atoms with Gasteiger partial charge in [0, 0.05) is 12.6 Å². The lowest BCUT2D eigenvalue weighted by Crippen LogP contribution is -2.37. The van der Waals surface area contributed by atoms with Gasteiger partial charge in [-0.3, -0.25) is 0 Å². The van der Waals surface area contributed by atoms with Crippen molar-refractivity contribution in [2.75, 3.05) is 19.8 Å². The summed E-state index contributed by atoms with van der Waals surface area (Å²) in [6.07, 6.45) is 8.26. The van der Waals surface area contributed by atoms with Crippen molar-refractivity contribution >= 4 is 0 Å². The summed E-state index contributed by atoms with van der Waals surface area (Å²) in [5, 5.41) is 3.62. The summed E-state index contributed by atoms with van der Waals surface area (Å²) in [7, 11) is 0. The summed E-state index contributed by atoms with van der Waals surface area (Å²) >= 11 is 0. The minimum atomic E-state index is 0.485. The molecule has 1 aliphatic rings. The molecule has 1 aliphatic carbocycles. The molecule has 0 amide bonds. The molecule has 106 valence electrons. The first-order valence-corrected chi connectivity index (χ1v) is 7.46. The Kier molecular flexibility index (Phi) is 6.95. The number of rotatable bonds is 7. The lowest BCUT2D eigenvalue weighted by molar-refractivity contribution is 0.127. The molecule has 0 heterocycles. The van der Waals surface area contributed by atoms with Crippen LogP contribution in [0.5, 0.6) is 0 Å². The van der Waals surface area contributed by atoms with Gasteiger partial charge in [-0.15, -0.1) is 6.58 Å². The number of nitrogens with one attached hydrogen (secondary N) is 1. The van der Waals surface area contributed by atoms with Crippen LogP contribution in [-0.2, 0) is 4.74 Å². The predicted molar refractivity (Wildman–Crippen MR) is 78.8 cm³/mol. The highest BCUT2D eigenvalue weighted by molar-refractivity contribution is 4.83. The van der Waals surface area contributed by atoms with Crippen LogP contribution in [0.4, 0.5) is 0 Å². The van der Waals surface area contributed by atoms with Gasteiger partial charge < -0.3 is 10.1 Å². The molecule has 0 bridgehead atoms. The van der Waals surface area contributed by atoms with Crippen LogP contribution in [0.25, 0.3) is 0 Å². The maximum atomic E-state index is 5.51. The van der Waals surface area contributed by atoms with E-state index in [0.29, 0.717) is 11.5 Å². The second kappa shape index (κ2) is 7.96. The predicted octanol–water partition coefficient (Wildman–Crippen LogP) is 3.77. The Morgan fingerprint density at radius 1 is 1.17 bits per heavy atom. The van der Waals surface area contributed by atoms with Gasteiger partial charge in [-0.25, -0.2) is 0 Å². The zero-order valence-corrected chi connectivity index (χ0v) is 12.5. The number of ether oxygens (including phenoxy) is 1. The monoisotopic (exact) mass is 253 g/mol. The molecule has 0 aliphatic heterocycles. The third-order valence-corrected chi connectivity index (χ3v) is 4.10. The van der Waals surface area contributed by atoms with Crippen LogP contribution in [-0.4, -0.2) is 25.8 Å². The van der Waals surface area contributed by atoms with Crippen molar-refractivity contribution in [2.45, 2.75) is 58.9 Å². The molecule has 0 aromatic rings. The van der Waals surface area contributed by atoms with Crippen molar-refractivity contribution in [3.8, 4) is 0 Å². The third-order valence-electron chi connectivity index (χ3n) is 4.10. The minimum absolute atomic E-state index is 0.485. The Labute approximate surface area is 113 Å². The van der Waals surface area contributed by atoms with Gasteiger partial charge in [0.1, 0.15) is 0 Å². The normalized spacial score (nSPS) is 25.1. The summed E-state index contributed by atoms with van der Waals surface area (Å²) in [5.74, 6) is 0.902. The SMILES string of the molecule is C=CCCOCCNC1CCC(C(C)(C)C)CC1. The first kappa shape index (κ1) is 15.7. The first-order chi connectivity index (χ1) is 8.54. The van der Waals surface area contributed by atoms with Crippen LogP contribution in [0, 0.1) is 11.3 Å². The Bertz CT molecular complexity index is 224. The molecular weight excluding hydrogens is 222 g/mol. The quantitative estimate of drug-likeness (QED) is 0.551. The van der Waals surface area contributed by atoms with Crippen LogP contribution >= 0.6 is 0 Å². The fourth-order valence-electron chi connectivity index (χ4n) is 2.77. The van der Waals surface area contributed by atoms with Gasteiger partial charge in [0.25, 0.3) is 0 Å². The van der Waals surface area contributed by atoms with E-state index in [4.69, 9.17) is 4.74 Å². The maximum Gasteiger partial charge on any atom is 0.0591 e. The molecule has 1 saturated carbocycles. The van der Waals surface area contributed by atoms with Crippen LogP contribution in [0.2, 0.25) is 0 Å². The van der Waals surface area contributed by atoms with E-state index in [0.717, 1.165) is 32.1 Å². The molecule has 0 saturated heterocycles. The average Bonchev–Trinajstić information content (AvgIpc) is 2.33. The van der Waals surface area contributed by atoms with E-state index in [1.165, 1.54) is 25.7 Å². The molecule has 2 nitrogen and oxygen atoms in total. The Morgan fingerprint density at radius 3 is 2.39 bits per heavy atom. The molecule has 0 spiro atoms. The smallest absolute Gasteiger partial charge is 0.0591 e. The fourth-order valence-corrected chi connectivity index (χ4v) is 2.77. The molecule has 0 aromatic heterocycles. The minimum Gasteiger partial charge on any atom is -0.380 e. The number of hydrogen-bond acceptors (Lipinski definition) is 2. The highest BCUT2D eigenvalue weighted by Gasteiger charge is 2.29. The average molecular weight is 253 g/mol. The Morgan fingerprint density at radius 2 is 1.83 bits per heavy atom. The lowest BCUT2D eigenvalue weighted by atomic mass is 9.71. The van der Waals surface area contributed by atoms with Gasteiger partial charge in [0.05, 0.1) is 13.2 Å². The zero-order valence-electron chi connectivity index (χ0n) is 12.5. The van der Waals surface area contributed by atoms with Crippen molar-refractivity contribution in [2.24, 2.45) is 11.3 Å². The van der Waals surface area contributed by atoms with Crippen LogP contribution in [0.15, 0.2) is 12.7 Å². The standard InChI is InChI=1S/C16H31NO/c1-5-6-12-18-13-11-17-15-9-7-14(8-10-15)16(2,3)4/h5,14-15,17H,1,6-13H2,2-4H3. The van der Waals surface area contributed by atoms with Crippen LogP contribution in [0.3, 0.4) is 0 Å². The van der Waals surface area contributed by atoms with Gasteiger partial charge in [0.15, 0.2) is 0 Å². The van der Waals surface area contributed by atoms with E-state index in [9.17, 15) is 0 Å². The van der Waals surface area contributed by atoms with E-state index in [1.54, 1.807) is 0 Å². The van der Waals surface area contributed by atoms with Crippen LogP contribution in [0.1, 0.15) is 52.9 Å². The second-order valence-electron chi connectivity index (χ2n) is 6.56. The highest BCUT2D eigenvalue weighted by atomic mass is 16.5. The maximum absolute atomic E-state index is 5.51. The van der Waals surface area contributed by atoms with Gasteiger partial charge in [-0.05, 0) is 43.4 Å². The Balaban J connectivity index is 2.04. The fraction of sp³-hybridized carbons (Fsp3) is 0.875. The molecule has 0 radical (unpaired) electrons. The van der Waals surface area contributed by atoms with Crippen LogP contribution < -0.4 is 5.32 Å². The van der Waals surface area contributed by atoms with Crippen molar-refractivity contribution in [3.05, 3.63) is 12.7 Å². The molecule has 18 heavy (non-hydrogen) atoms. The Hall–Kier alpha value is -0.340. The summed E-state index contributed by atoms with van der Waals surface area (Å²) in [6.45, 7) is 13.4. The molecular formula is C16H31NO. The molecule has 1 fully saturated rings. The third kappa shape index (κ3) is 6.01. The summed E-state index contributed by atoms with van der Waals surface area (Å²) < 4.78 is 5.51. The summed E-state index contributed by atoms with van der Waals surface area (Å²) in [4.78, 5) is 0. The second-order valence-corrected chi connectivity index (χ2v) is 6.56. The first-order valence-electron chi connectivity index (χ1n) is 7.46. The molecule has 1 N–H and O–H groups in total. The number of hydrogen-bond donors (Lipinski definition) is 1. The molecule has 0 atom stereocenters. The van der Waals surface area contributed by atoms with Gasteiger partial charge in [-0.1, -0.05) is 26.8 Å². The molecule has 1 rings (SSSR count). The van der Waals surface area contributed by atoms with Gasteiger partial charge >= 0.3 is 0 Å². The van der Waals surface area contributed by atoms with E-state index in [2.05, 4.69) is 32.7 Å². The molecule has 0 aromatic carbocycles. The van der Waals surface area contributed by atoms with E-state index in [-0.39, 0.29) is 0 Å². The molecule has 0 unspecified atom stereocenters. The summed E-state index contributed by atoms with van der Waals surface area (Å²) in [6, 6.07) is 0.714. The van der Waals surface area contributed by atoms with Crippen molar-refractivity contribution < 1.29 is 4.74 Å². The van der Waals surface area contributed by atoms with E-state index < -0.39 is 0 Å². The topological polar surface area (TPSA) is 21.3 Å². The van der Waals surface area contributed by atoms with Gasteiger partial charge in [-0.2, -0.15) is 0 Å². The summed E-state index contributed by atoms with van der Waals surface area (Å²) in [5.41, 5.74) is 0.485. The molecule has 2 heteroatoms.